The molecule has 7 nitrogen and oxygen atoms in total. The van der Waals surface area contributed by atoms with Crippen LogP contribution in [0.3, 0.4) is 0 Å². The number of likely N-dealkylation sites (N-methyl/N-ethyl adjacent to an activating group) is 1. The zero-order valence-electron chi connectivity index (χ0n) is 16.2. The topological polar surface area (TPSA) is 64.2 Å². The fourth-order valence-corrected chi connectivity index (χ4v) is 6.29. The van der Waals surface area contributed by atoms with Gasteiger partial charge in [0.25, 0.3) is 10.0 Å². The van der Waals surface area contributed by atoms with E-state index in [4.69, 9.17) is 0 Å². The quantitative estimate of drug-likeness (QED) is 0.691. The van der Waals surface area contributed by atoms with Gasteiger partial charge >= 0.3 is 0 Å². The lowest BCUT2D eigenvalue weighted by molar-refractivity contribution is -0.138. The maximum absolute atomic E-state index is 12.8. The van der Waals surface area contributed by atoms with Gasteiger partial charge in [-0.05, 0) is 38.4 Å². The average molecular weight is 415 g/mol. The molecule has 3 rings (SSSR count). The van der Waals surface area contributed by atoms with Crippen molar-refractivity contribution < 1.29 is 13.2 Å². The molecule has 152 valence electrons. The van der Waals surface area contributed by atoms with Gasteiger partial charge in [-0.3, -0.25) is 9.69 Å². The van der Waals surface area contributed by atoms with Gasteiger partial charge in [0.2, 0.25) is 5.91 Å². The summed E-state index contributed by atoms with van der Waals surface area (Å²) in [5.74, 6) is 0.156. The van der Waals surface area contributed by atoms with Crippen LogP contribution in [0.2, 0.25) is 0 Å². The molecular weight excluding hydrogens is 384 g/mol. The summed E-state index contributed by atoms with van der Waals surface area (Å²) >= 11 is 1.25. The first kappa shape index (κ1) is 20.7. The van der Waals surface area contributed by atoms with Crippen molar-refractivity contribution in [1.82, 2.24) is 19.0 Å². The minimum atomic E-state index is -3.40. The first-order chi connectivity index (χ1) is 12.9. The van der Waals surface area contributed by atoms with E-state index in [1.807, 2.05) is 4.90 Å². The van der Waals surface area contributed by atoms with Crippen LogP contribution < -0.4 is 0 Å². The maximum Gasteiger partial charge on any atom is 0.252 e. The van der Waals surface area contributed by atoms with Crippen molar-refractivity contribution >= 4 is 27.3 Å². The third-order valence-electron chi connectivity index (χ3n) is 5.44. The molecule has 1 aromatic rings. The Labute approximate surface area is 166 Å². The minimum absolute atomic E-state index is 0.0480. The van der Waals surface area contributed by atoms with Crippen LogP contribution in [0.1, 0.15) is 12.8 Å². The summed E-state index contributed by atoms with van der Waals surface area (Å²) in [5.41, 5.74) is 0. The van der Waals surface area contributed by atoms with E-state index in [2.05, 4.69) is 23.9 Å². The molecule has 27 heavy (non-hydrogen) atoms. The largest absolute Gasteiger partial charge is 0.340 e. The highest BCUT2D eigenvalue weighted by Crippen LogP contribution is 2.27. The van der Waals surface area contributed by atoms with Gasteiger partial charge in [0.05, 0.1) is 0 Å². The Morgan fingerprint density at radius 1 is 1.15 bits per heavy atom. The monoisotopic (exact) mass is 414 g/mol. The zero-order valence-corrected chi connectivity index (χ0v) is 17.8. The standard InChI is InChI=1S/C18H30N4O3S2/c1-19(2)9-10-20-11-13-21(14-12-20)18(23)16-5-7-22(8-6-16)27(24,25)17-4-3-15-26-17/h3-4,15-16H,5-14H2,1-2H3. The predicted molar refractivity (Wildman–Crippen MR) is 107 cm³/mol. The molecule has 0 bridgehead atoms. The van der Waals surface area contributed by atoms with Crippen LogP contribution in [0, 0.1) is 5.92 Å². The maximum atomic E-state index is 12.8. The SMILES string of the molecule is CN(C)CCN1CCN(C(=O)C2CCN(S(=O)(=O)c3cccs3)CC2)CC1. The molecule has 9 heteroatoms. The van der Waals surface area contributed by atoms with Gasteiger partial charge < -0.3 is 9.80 Å². The number of hydrogen-bond donors (Lipinski definition) is 0. The highest BCUT2D eigenvalue weighted by atomic mass is 32.2. The number of carbonyl (C=O) groups excluding carboxylic acids is 1. The summed E-state index contributed by atoms with van der Waals surface area (Å²) in [6, 6.07) is 3.40. The molecule has 0 N–H and O–H groups in total. The van der Waals surface area contributed by atoms with E-state index in [1.165, 1.54) is 15.6 Å². The Bertz CT molecular complexity index is 705. The van der Waals surface area contributed by atoms with Crippen LogP contribution in [-0.4, -0.2) is 99.8 Å². The summed E-state index contributed by atoms with van der Waals surface area (Å²) in [5, 5.41) is 1.78. The van der Waals surface area contributed by atoms with Crippen LogP contribution in [0.15, 0.2) is 21.7 Å². The number of rotatable bonds is 6. The molecule has 0 aromatic carbocycles. The molecular formula is C18H30N4O3S2. The Balaban J connectivity index is 1.47. The highest BCUT2D eigenvalue weighted by Gasteiger charge is 2.34. The molecule has 0 atom stereocenters. The molecule has 2 saturated heterocycles. The second kappa shape index (κ2) is 9.00. The van der Waals surface area contributed by atoms with Crippen molar-refractivity contribution in [2.45, 2.75) is 17.1 Å². The van der Waals surface area contributed by atoms with E-state index in [9.17, 15) is 13.2 Å². The van der Waals surface area contributed by atoms with Gasteiger partial charge in [-0.1, -0.05) is 6.07 Å². The van der Waals surface area contributed by atoms with E-state index < -0.39 is 10.0 Å². The summed E-state index contributed by atoms with van der Waals surface area (Å²) < 4.78 is 27.1. The fourth-order valence-electron chi connectivity index (χ4n) is 3.67. The Morgan fingerprint density at radius 3 is 2.37 bits per heavy atom. The summed E-state index contributed by atoms with van der Waals surface area (Å²) in [4.78, 5) is 19.4. The van der Waals surface area contributed by atoms with Crippen LogP contribution in [-0.2, 0) is 14.8 Å². The molecule has 3 heterocycles. The van der Waals surface area contributed by atoms with E-state index in [-0.39, 0.29) is 11.8 Å². The molecule has 1 aromatic heterocycles. The average Bonchev–Trinajstić information content (AvgIpc) is 3.22. The van der Waals surface area contributed by atoms with Crippen molar-refractivity contribution in [3.63, 3.8) is 0 Å². The van der Waals surface area contributed by atoms with E-state index >= 15 is 0 Å². The normalized spacial score (nSPS) is 21.1. The Kier molecular flexibility index (Phi) is 6.91. The number of piperazine rings is 1. The number of amides is 1. The summed E-state index contributed by atoms with van der Waals surface area (Å²) in [7, 11) is 0.751. The number of thiophene rings is 1. The van der Waals surface area contributed by atoms with Gasteiger partial charge in [0, 0.05) is 58.3 Å². The number of hydrogen-bond acceptors (Lipinski definition) is 6. The second-order valence-electron chi connectivity index (χ2n) is 7.58. The number of sulfonamides is 1. The van der Waals surface area contributed by atoms with Crippen LogP contribution in [0.5, 0.6) is 0 Å². The molecule has 0 saturated carbocycles. The first-order valence-electron chi connectivity index (χ1n) is 9.57. The molecule has 0 aliphatic carbocycles. The van der Waals surface area contributed by atoms with Gasteiger partial charge in [0.1, 0.15) is 4.21 Å². The summed E-state index contributed by atoms with van der Waals surface area (Å²) in [6.07, 6.45) is 1.23. The Hall–Kier alpha value is -1.00. The highest BCUT2D eigenvalue weighted by molar-refractivity contribution is 7.91. The second-order valence-corrected chi connectivity index (χ2v) is 10.7. The number of piperidine rings is 1. The van der Waals surface area contributed by atoms with E-state index in [0.717, 1.165) is 39.3 Å². The van der Waals surface area contributed by atoms with Gasteiger partial charge in [-0.15, -0.1) is 11.3 Å². The third kappa shape index (κ3) is 5.08. The molecule has 2 aliphatic heterocycles. The van der Waals surface area contributed by atoms with Crippen molar-refractivity contribution in [3.8, 4) is 0 Å². The van der Waals surface area contributed by atoms with Gasteiger partial charge in [0.15, 0.2) is 0 Å². The molecule has 2 fully saturated rings. The first-order valence-corrected chi connectivity index (χ1v) is 11.9. The fraction of sp³-hybridized carbons (Fsp3) is 0.722. The van der Waals surface area contributed by atoms with Crippen LogP contribution in [0.4, 0.5) is 0 Å². The summed E-state index contributed by atoms with van der Waals surface area (Å²) in [6.45, 7) is 6.33. The van der Waals surface area contributed by atoms with Crippen LogP contribution in [0.25, 0.3) is 0 Å². The lowest BCUT2D eigenvalue weighted by atomic mass is 9.96. The van der Waals surface area contributed by atoms with E-state index in [0.29, 0.717) is 30.1 Å². The predicted octanol–water partition coefficient (Wildman–Crippen LogP) is 0.855. The molecule has 0 unspecified atom stereocenters. The van der Waals surface area contributed by atoms with Crippen molar-refractivity contribution in [2.24, 2.45) is 5.92 Å². The van der Waals surface area contributed by atoms with Crippen molar-refractivity contribution in [2.75, 3.05) is 66.5 Å². The van der Waals surface area contributed by atoms with Gasteiger partial charge in [-0.25, -0.2) is 8.42 Å². The zero-order chi connectivity index (χ0) is 19.4. The minimum Gasteiger partial charge on any atom is -0.340 e. The lowest BCUT2D eigenvalue weighted by Crippen LogP contribution is -2.52. The third-order valence-corrected chi connectivity index (χ3v) is 8.71. The van der Waals surface area contributed by atoms with Crippen molar-refractivity contribution in [3.05, 3.63) is 17.5 Å². The van der Waals surface area contributed by atoms with Gasteiger partial charge in [-0.2, -0.15) is 4.31 Å². The Morgan fingerprint density at radius 2 is 1.81 bits per heavy atom. The van der Waals surface area contributed by atoms with Crippen LogP contribution >= 0.6 is 11.3 Å². The smallest absolute Gasteiger partial charge is 0.252 e. The molecule has 1 amide bonds. The number of nitrogens with zero attached hydrogens (tertiary/aromatic N) is 4. The van der Waals surface area contributed by atoms with Crippen molar-refractivity contribution in [1.29, 1.82) is 0 Å². The molecule has 0 radical (unpaired) electrons. The molecule has 0 spiro atoms. The lowest BCUT2D eigenvalue weighted by Gasteiger charge is -2.38. The van der Waals surface area contributed by atoms with E-state index in [1.54, 1.807) is 17.5 Å². The number of carbonyl (C=O) groups is 1. The molecule has 2 aliphatic rings.